The zero-order chi connectivity index (χ0) is 36.1. The molecule has 0 unspecified atom stereocenters. The predicted molar refractivity (Wildman–Crippen MR) is 203 cm³/mol. The number of hydrogen-bond donors (Lipinski definition) is 7. The average molecular weight is 764 g/mol. The fraction of sp³-hybridized carbons (Fsp3) is 0.375. The summed E-state index contributed by atoms with van der Waals surface area (Å²) in [5, 5.41) is 12.3. The molecule has 13 N–H and O–H groups in total. The number of nitrogens with zero attached hydrogens (tertiary/aromatic N) is 6. The van der Waals surface area contributed by atoms with Gasteiger partial charge in [0.15, 0.2) is 11.6 Å². The Hall–Kier alpha value is -3.51. The normalized spacial score (nSPS) is 16.8. The maximum atomic E-state index is 14.2. The van der Waals surface area contributed by atoms with Crippen LogP contribution < -0.4 is 44.2 Å². The summed E-state index contributed by atoms with van der Waals surface area (Å²) >= 11 is 15.0. The fourth-order valence-electron chi connectivity index (χ4n) is 5.35. The van der Waals surface area contributed by atoms with Crippen LogP contribution in [0, 0.1) is 0 Å². The lowest BCUT2D eigenvalue weighted by molar-refractivity contribution is 0.0248. The van der Waals surface area contributed by atoms with Crippen molar-refractivity contribution in [3.05, 3.63) is 58.8 Å². The first-order valence-electron chi connectivity index (χ1n) is 15.8. The van der Waals surface area contributed by atoms with Gasteiger partial charge in [0, 0.05) is 61.9 Å². The molecule has 50 heavy (non-hydrogen) atoms. The van der Waals surface area contributed by atoms with Crippen molar-refractivity contribution < 1.29 is 9.50 Å². The molecule has 0 saturated carbocycles. The molecule has 13 nitrogen and oxygen atoms in total. The van der Waals surface area contributed by atoms with Gasteiger partial charge in [0.1, 0.15) is 27.4 Å². The van der Waals surface area contributed by atoms with Crippen LogP contribution in [0.5, 0.6) is 0 Å². The molecule has 6 rings (SSSR count). The van der Waals surface area contributed by atoms with Crippen molar-refractivity contribution in [3.8, 4) is 0 Å². The maximum absolute atomic E-state index is 14.2. The van der Waals surface area contributed by atoms with E-state index < -0.39 is 11.3 Å². The number of halogens is 3. The molecule has 0 aliphatic carbocycles. The van der Waals surface area contributed by atoms with E-state index in [1.165, 1.54) is 23.5 Å². The highest BCUT2D eigenvalue weighted by atomic mass is 35.5. The van der Waals surface area contributed by atoms with E-state index in [-0.39, 0.29) is 13.1 Å². The van der Waals surface area contributed by atoms with E-state index in [1.54, 1.807) is 24.5 Å². The minimum Gasteiger partial charge on any atom is -0.397 e. The summed E-state index contributed by atoms with van der Waals surface area (Å²) in [6.45, 7) is 2.71. The summed E-state index contributed by atoms with van der Waals surface area (Å²) in [4.78, 5) is 23.2. The van der Waals surface area contributed by atoms with Gasteiger partial charge < -0.3 is 49.3 Å². The first-order valence-corrected chi connectivity index (χ1v) is 18.2. The minimum absolute atomic E-state index is 0.0468. The number of benzene rings is 2. The summed E-state index contributed by atoms with van der Waals surface area (Å²) < 4.78 is 14.2. The number of aliphatic hydroxyl groups is 1. The van der Waals surface area contributed by atoms with Crippen molar-refractivity contribution in [2.24, 2.45) is 11.5 Å². The molecule has 0 amide bonds. The smallest absolute Gasteiger partial charge is 0.158 e. The van der Waals surface area contributed by atoms with Gasteiger partial charge in [-0.3, -0.25) is 0 Å². The number of hydrogen-bond acceptors (Lipinski definition) is 15. The van der Waals surface area contributed by atoms with Crippen LogP contribution in [0.2, 0.25) is 10.0 Å². The van der Waals surface area contributed by atoms with Gasteiger partial charge in [-0.05, 0) is 37.1 Å². The molecule has 4 aromatic rings. The van der Waals surface area contributed by atoms with Gasteiger partial charge in [-0.1, -0.05) is 58.9 Å². The van der Waals surface area contributed by atoms with Crippen LogP contribution in [0.4, 0.5) is 39.0 Å². The van der Waals surface area contributed by atoms with Crippen molar-refractivity contribution in [1.29, 1.82) is 0 Å². The van der Waals surface area contributed by atoms with E-state index in [9.17, 15) is 9.50 Å². The Balaban J connectivity index is 0.000000194. The first kappa shape index (κ1) is 37.7. The molecule has 2 aliphatic heterocycles. The molecule has 268 valence electrons. The van der Waals surface area contributed by atoms with Crippen molar-refractivity contribution in [2.45, 2.75) is 56.8 Å². The Morgan fingerprint density at radius 2 is 1.12 bits per heavy atom. The zero-order valence-electron chi connectivity index (χ0n) is 27.2. The number of alkyl halides is 1. The lowest BCUT2D eigenvalue weighted by Gasteiger charge is -2.37. The number of aromatic nitrogens is 4. The first-order chi connectivity index (χ1) is 23.8. The second kappa shape index (κ2) is 16.2. The predicted octanol–water partition coefficient (Wildman–Crippen LogP) is 4.45. The van der Waals surface area contributed by atoms with Crippen LogP contribution in [0.25, 0.3) is 0 Å². The third kappa shape index (κ3) is 9.04. The maximum Gasteiger partial charge on any atom is 0.158 e. The monoisotopic (exact) mass is 762 g/mol. The van der Waals surface area contributed by atoms with Gasteiger partial charge in [-0.15, -0.1) is 0 Å². The van der Waals surface area contributed by atoms with Crippen LogP contribution >= 0.6 is 46.7 Å². The number of nitrogen functional groups attached to an aromatic ring is 4. The van der Waals surface area contributed by atoms with Crippen LogP contribution in [0.1, 0.15) is 25.7 Å². The highest BCUT2D eigenvalue weighted by molar-refractivity contribution is 7.99. The van der Waals surface area contributed by atoms with Crippen molar-refractivity contribution in [2.75, 3.05) is 72.0 Å². The Morgan fingerprint density at radius 3 is 1.50 bits per heavy atom. The average Bonchev–Trinajstić information content (AvgIpc) is 3.11. The highest BCUT2D eigenvalue weighted by Gasteiger charge is 2.34. The molecule has 2 saturated heterocycles. The highest BCUT2D eigenvalue weighted by Crippen LogP contribution is 2.39. The molecular weight excluding hydrogens is 722 g/mol. The molecule has 4 heterocycles. The third-order valence-corrected chi connectivity index (χ3v) is 11.9. The van der Waals surface area contributed by atoms with Gasteiger partial charge in [0.2, 0.25) is 0 Å². The zero-order valence-corrected chi connectivity index (χ0v) is 30.4. The molecule has 2 fully saturated rings. The van der Waals surface area contributed by atoms with Crippen LogP contribution in [0.15, 0.2) is 68.6 Å². The number of rotatable bonds is 8. The Labute approximate surface area is 308 Å². The molecule has 18 heteroatoms. The third-order valence-electron chi connectivity index (χ3n) is 8.65. The molecule has 2 aromatic heterocycles. The number of piperidine rings is 2. The minimum atomic E-state index is -1.28. The molecule has 2 aliphatic rings. The topological polar surface area (TPSA) is 234 Å². The lowest BCUT2D eigenvalue weighted by atomic mass is 9.92. The molecule has 0 spiro atoms. The molecule has 0 bridgehead atoms. The van der Waals surface area contributed by atoms with E-state index in [0.717, 1.165) is 9.79 Å². The van der Waals surface area contributed by atoms with Gasteiger partial charge in [-0.25, -0.2) is 24.3 Å². The van der Waals surface area contributed by atoms with Gasteiger partial charge in [0.25, 0.3) is 0 Å². The van der Waals surface area contributed by atoms with Crippen LogP contribution in [0.3, 0.4) is 0 Å². The van der Waals surface area contributed by atoms with Crippen LogP contribution in [-0.4, -0.2) is 75.6 Å². The summed E-state index contributed by atoms with van der Waals surface area (Å²) in [6, 6.07) is 10.8. The van der Waals surface area contributed by atoms with E-state index in [1.807, 2.05) is 29.2 Å². The van der Waals surface area contributed by atoms with E-state index in [4.69, 9.17) is 57.6 Å². The molecule has 0 atom stereocenters. The summed E-state index contributed by atoms with van der Waals surface area (Å²) in [6.07, 6.45) is 5.28. The fourth-order valence-corrected chi connectivity index (χ4v) is 7.46. The van der Waals surface area contributed by atoms with E-state index in [2.05, 4.69) is 24.8 Å². The summed E-state index contributed by atoms with van der Waals surface area (Å²) in [7, 11) is 0. The second-order valence-corrected chi connectivity index (χ2v) is 14.9. The largest absolute Gasteiger partial charge is 0.397 e. The summed E-state index contributed by atoms with van der Waals surface area (Å²) in [5.74, 6) is 1.97. The number of anilines is 6. The Morgan fingerprint density at radius 1 is 0.700 bits per heavy atom. The molecule has 2 aromatic carbocycles. The van der Waals surface area contributed by atoms with Gasteiger partial charge in [-0.2, -0.15) is 0 Å². The Bertz CT molecular complexity index is 1660. The van der Waals surface area contributed by atoms with Gasteiger partial charge in [0.05, 0.1) is 39.4 Å². The number of nitrogens with two attached hydrogens (primary N) is 6. The quantitative estimate of drug-likeness (QED) is 0.123. The van der Waals surface area contributed by atoms with E-state index >= 15 is 0 Å². The van der Waals surface area contributed by atoms with Crippen molar-refractivity contribution in [1.82, 2.24) is 19.9 Å². The molecule has 0 radical (unpaired) electrons. The van der Waals surface area contributed by atoms with Crippen LogP contribution in [-0.2, 0) is 0 Å². The van der Waals surface area contributed by atoms with E-state index in [0.29, 0.717) is 107 Å². The standard InChI is InChI=1S/C16H20ClFN6S.C16H21ClN6OS/c17-13-10(20)2-1-3-11(13)25-15-14(21)23-12(8-22-15)24-6-4-16(18,9-19)5-7-24;17-13-10(19)2-1-3-11(13)25-15-14(20)22-12(8-21-15)23-6-4-16(24,9-18)5-7-23/h1-3,8H,4-7,9,19-20H2,(H2,21,23);1-3,8,24H,4-7,9,18-19H2,(H2,20,22). The van der Waals surface area contributed by atoms with Crippen molar-refractivity contribution in [3.63, 3.8) is 0 Å². The SMILES string of the molecule is NCC1(F)CCN(c2cnc(Sc3cccc(N)c3Cl)c(N)n2)CC1.NCC1(O)CCN(c2cnc(Sc3cccc(N)c3Cl)c(N)n2)CC1. The molecular formula is C32H41Cl2FN12OS2. The van der Waals surface area contributed by atoms with Crippen molar-refractivity contribution >= 4 is 81.4 Å². The second-order valence-electron chi connectivity index (χ2n) is 12.1. The lowest BCUT2D eigenvalue weighted by Crippen LogP contribution is -2.49. The summed E-state index contributed by atoms with van der Waals surface area (Å²) in [5.41, 5.74) is 33.8. The van der Waals surface area contributed by atoms with Gasteiger partial charge >= 0.3 is 0 Å². The Kier molecular flexibility index (Phi) is 12.2.